The number of hydrogen-bond acceptors (Lipinski definition) is 1. The van der Waals surface area contributed by atoms with Crippen LogP contribution in [-0.2, 0) is 11.2 Å². The molecule has 0 spiro atoms. The van der Waals surface area contributed by atoms with Crippen molar-refractivity contribution >= 4 is 27.5 Å². The highest BCUT2D eigenvalue weighted by molar-refractivity contribution is 9.10. The van der Waals surface area contributed by atoms with Crippen LogP contribution in [0.4, 0.5) is 5.69 Å². The molecule has 0 fully saturated rings. The van der Waals surface area contributed by atoms with Crippen molar-refractivity contribution in [3.05, 3.63) is 64.1 Å². The Kier molecular flexibility index (Phi) is 4.15. The zero-order valence-electron chi connectivity index (χ0n) is 10.1. The molecule has 0 saturated carbocycles. The largest absolute Gasteiger partial charge is 0.325 e. The number of halogens is 1. The molecule has 1 amide bonds. The van der Waals surface area contributed by atoms with E-state index in [1.54, 1.807) is 0 Å². The number of carbonyl (C=O) groups excluding carboxylic acids is 1. The molecule has 0 bridgehead atoms. The Morgan fingerprint density at radius 2 is 1.89 bits per heavy atom. The summed E-state index contributed by atoms with van der Waals surface area (Å²) in [5.41, 5.74) is 2.95. The Balaban J connectivity index is 2.05. The van der Waals surface area contributed by atoms with Crippen LogP contribution in [0.25, 0.3) is 0 Å². The third-order valence-electron chi connectivity index (χ3n) is 2.60. The van der Waals surface area contributed by atoms with Gasteiger partial charge in [0.15, 0.2) is 0 Å². The third-order valence-corrected chi connectivity index (χ3v) is 3.29. The second-order valence-corrected chi connectivity index (χ2v) is 5.05. The Morgan fingerprint density at radius 1 is 1.17 bits per heavy atom. The first kappa shape index (κ1) is 12.8. The maximum Gasteiger partial charge on any atom is 0.228 e. The van der Waals surface area contributed by atoms with Crippen molar-refractivity contribution in [1.29, 1.82) is 0 Å². The highest BCUT2D eigenvalue weighted by atomic mass is 79.9. The predicted molar refractivity (Wildman–Crippen MR) is 77.7 cm³/mol. The van der Waals surface area contributed by atoms with E-state index in [1.807, 2.05) is 55.5 Å². The fraction of sp³-hybridized carbons (Fsp3) is 0.133. The summed E-state index contributed by atoms with van der Waals surface area (Å²) in [7, 11) is 0. The molecule has 0 atom stereocenters. The van der Waals surface area contributed by atoms with Crippen molar-refractivity contribution < 1.29 is 4.79 Å². The lowest BCUT2D eigenvalue weighted by Gasteiger charge is -2.08. The Bertz CT molecular complexity index is 552. The number of amides is 1. The fourth-order valence-corrected chi connectivity index (χ4v) is 2.06. The van der Waals surface area contributed by atoms with Gasteiger partial charge in [0.2, 0.25) is 5.91 Å². The quantitative estimate of drug-likeness (QED) is 0.914. The summed E-state index contributed by atoms with van der Waals surface area (Å²) in [6, 6.07) is 15.6. The highest BCUT2D eigenvalue weighted by Gasteiger charge is 2.06. The first-order valence-electron chi connectivity index (χ1n) is 5.75. The minimum absolute atomic E-state index is 0.00694. The lowest BCUT2D eigenvalue weighted by atomic mass is 10.1. The molecular weight excluding hydrogens is 290 g/mol. The number of aryl methyl sites for hydroxylation is 1. The van der Waals surface area contributed by atoms with Crippen molar-refractivity contribution in [2.24, 2.45) is 0 Å². The van der Waals surface area contributed by atoms with Gasteiger partial charge in [-0.2, -0.15) is 0 Å². The summed E-state index contributed by atoms with van der Waals surface area (Å²) in [5.74, 6) is -0.00694. The number of anilines is 1. The van der Waals surface area contributed by atoms with Gasteiger partial charge in [-0.25, -0.2) is 0 Å². The monoisotopic (exact) mass is 303 g/mol. The second-order valence-electron chi connectivity index (χ2n) is 4.19. The van der Waals surface area contributed by atoms with E-state index in [0.717, 1.165) is 21.3 Å². The van der Waals surface area contributed by atoms with Crippen LogP contribution < -0.4 is 5.32 Å². The highest BCUT2D eigenvalue weighted by Crippen LogP contribution is 2.23. The summed E-state index contributed by atoms with van der Waals surface area (Å²) < 4.78 is 0.898. The Hall–Kier alpha value is -1.61. The van der Waals surface area contributed by atoms with Crippen molar-refractivity contribution in [1.82, 2.24) is 0 Å². The molecule has 2 nitrogen and oxygen atoms in total. The molecule has 3 heteroatoms. The molecule has 0 unspecified atom stereocenters. The Labute approximate surface area is 115 Å². The van der Waals surface area contributed by atoms with Crippen molar-refractivity contribution in [2.75, 3.05) is 5.32 Å². The van der Waals surface area contributed by atoms with E-state index in [4.69, 9.17) is 0 Å². The topological polar surface area (TPSA) is 29.1 Å². The van der Waals surface area contributed by atoms with E-state index >= 15 is 0 Å². The van der Waals surface area contributed by atoms with Gasteiger partial charge in [0.1, 0.15) is 0 Å². The van der Waals surface area contributed by atoms with E-state index in [1.165, 1.54) is 0 Å². The normalized spacial score (nSPS) is 10.1. The van der Waals surface area contributed by atoms with Crippen molar-refractivity contribution in [3.8, 4) is 0 Å². The molecule has 0 aliphatic carbocycles. The van der Waals surface area contributed by atoms with Crippen LogP contribution in [0.1, 0.15) is 11.1 Å². The van der Waals surface area contributed by atoms with Crippen LogP contribution in [0.2, 0.25) is 0 Å². The van der Waals surface area contributed by atoms with Gasteiger partial charge >= 0.3 is 0 Å². The lowest BCUT2D eigenvalue weighted by molar-refractivity contribution is -0.115. The van der Waals surface area contributed by atoms with Gasteiger partial charge in [0.25, 0.3) is 0 Å². The number of carbonyl (C=O) groups is 1. The molecular formula is C15H14BrNO. The minimum Gasteiger partial charge on any atom is -0.325 e. The van der Waals surface area contributed by atoms with Crippen LogP contribution in [0.3, 0.4) is 0 Å². The van der Waals surface area contributed by atoms with Gasteiger partial charge in [0, 0.05) is 4.47 Å². The predicted octanol–water partition coefficient (Wildman–Crippen LogP) is 3.94. The number of benzene rings is 2. The number of nitrogens with one attached hydrogen (secondary N) is 1. The van der Waals surface area contributed by atoms with Crippen LogP contribution in [-0.4, -0.2) is 5.91 Å². The summed E-state index contributed by atoms with van der Waals surface area (Å²) in [6.07, 6.45) is 0.390. The maximum atomic E-state index is 11.9. The SMILES string of the molecule is Cc1ccc(Br)c(NC(=O)Cc2ccccc2)c1. The summed E-state index contributed by atoms with van der Waals surface area (Å²) in [5, 5.41) is 2.91. The third kappa shape index (κ3) is 3.44. The molecule has 0 saturated heterocycles. The number of rotatable bonds is 3. The molecule has 0 radical (unpaired) electrons. The molecule has 0 heterocycles. The summed E-state index contributed by atoms with van der Waals surface area (Å²) in [4.78, 5) is 11.9. The number of hydrogen-bond donors (Lipinski definition) is 1. The van der Waals surface area contributed by atoms with Crippen LogP contribution in [0, 0.1) is 6.92 Å². The van der Waals surface area contributed by atoms with Crippen LogP contribution in [0.15, 0.2) is 53.0 Å². The summed E-state index contributed by atoms with van der Waals surface area (Å²) in [6.45, 7) is 2.00. The minimum atomic E-state index is -0.00694. The molecule has 0 aromatic heterocycles. The molecule has 0 aliphatic rings. The first-order chi connectivity index (χ1) is 8.65. The van der Waals surface area contributed by atoms with E-state index in [-0.39, 0.29) is 5.91 Å². The standard InChI is InChI=1S/C15H14BrNO/c1-11-7-8-13(16)14(9-11)17-15(18)10-12-5-3-2-4-6-12/h2-9H,10H2,1H3,(H,17,18). The smallest absolute Gasteiger partial charge is 0.228 e. The zero-order valence-corrected chi connectivity index (χ0v) is 11.7. The van der Waals surface area contributed by atoms with Crippen molar-refractivity contribution in [3.63, 3.8) is 0 Å². The molecule has 0 aliphatic heterocycles. The van der Waals surface area contributed by atoms with Gasteiger partial charge in [0.05, 0.1) is 12.1 Å². The zero-order chi connectivity index (χ0) is 13.0. The molecule has 1 N–H and O–H groups in total. The van der Waals surface area contributed by atoms with Gasteiger partial charge in [-0.3, -0.25) is 4.79 Å². The second kappa shape index (κ2) is 5.83. The van der Waals surface area contributed by atoms with Gasteiger partial charge in [-0.05, 0) is 46.1 Å². The van der Waals surface area contributed by atoms with Crippen LogP contribution in [0.5, 0.6) is 0 Å². The fourth-order valence-electron chi connectivity index (χ4n) is 1.71. The average molecular weight is 304 g/mol. The molecule has 2 aromatic carbocycles. The Morgan fingerprint density at radius 3 is 2.61 bits per heavy atom. The van der Waals surface area contributed by atoms with Crippen LogP contribution >= 0.6 is 15.9 Å². The van der Waals surface area contributed by atoms with Crippen molar-refractivity contribution in [2.45, 2.75) is 13.3 Å². The van der Waals surface area contributed by atoms with E-state index in [2.05, 4.69) is 21.2 Å². The average Bonchev–Trinajstić information content (AvgIpc) is 2.35. The lowest BCUT2D eigenvalue weighted by Crippen LogP contribution is -2.14. The van der Waals surface area contributed by atoms with Gasteiger partial charge < -0.3 is 5.32 Å². The summed E-state index contributed by atoms with van der Waals surface area (Å²) >= 11 is 3.43. The molecule has 18 heavy (non-hydrogen) atoms. The maximum absolute atomic E-state index is 11.9. The van der Waals surface area contributed by atoms with E-state index in [0.29, 0.717) is 6.42 Å². The van der Waals surface area contributed by atoms with Gasteiger partial charge in [-0.1, -0.05) is 36.4 Å². The molecule has 2 aromatic rings. The molecule has 2 rings (SSSR count). The van der Waals surface area contributed by atoms with Gasteiger partial charge in [-0.15, -0.1) is 0 Å². The van der Waals surface area contributed by atoms with E-state index in [9.17, 15) is 4.79 Å². The van der Waals surface area contributed by atoms with E-state index < -0.39 is 0 Å². The molecule has 92 valence electrons. The first-order valence-corrected chi connectivity index (χ1v) is 6.54.